The summed E-state index contributed by atoms with van der Waals surface area (Å²) in [6, 6.07) is 5.69. The van der Waals surface area contributed by atoms with Crippen LogP contribution < -0.4 is 5.32 Å². The zero-order chi connectivity index (χ0) is 10.4. The predicted molar refractivity (Wildman–Crippen MR) is 59.5 cm³/mol. The summed E-state index contributed by atoms with van der Waals surface area (Å²) in [6.07, 6.45) is 4.94. The second-order valence-electron chi connectivity index (χ2n) is 3.19. The normalized spacial score (nSPS) is 10.7. The molecule has 1 aromatic rings. The van der Waals surface area contributed by atoms with E-state index < -0.39 is 0 Å². The minimum atomic E-state index is 0.722. The van der Waals surface area contributed by atoms with E-state index in [4.69, 9.17) is 0 Å². The van der Waals surface area contributed by atoms with Crippen LogP contribution in [-0.4, -0.2) is 19.9 Å². The Bertz CT molecular complexity index is 342. The van der Waals surface area contributed by atoms with Gasteiger partial charge in [0.05, 0.1) is 0 Å². The maximum atomic E-state index is 10.6. The molecule has 0 aliphatic heterocycles. The minimum absolute atomic E-state index is 0.722. The van der Waals surface area contributed by atoms with Gasteiger partial charge in [-0.3, -0.25) is 4.79 Å². The largest absolute Gasteiger partial charge is 0.316 e. The highest BCUT2D eigenvalue weighted by molar-refractivity contribution is 5.76. The molecule has 0 atom stereocenters. The highest BCUT2D eigenvalue weighted by atomic mass is 16.1. The third-order valence-electron chi connectivity index (χ3n) is 2.06. The van der Waals surface area contributed by atoms with Crippen LogP contribution in [0.25, 0.3) is 6.08 Å². The zero-order valence-corrected chi connectivity index (χ0v) is 8.58. The van der Waals surface area contributed by atoms with Crippen molar-refractivity contribution in [2.24, 2.45) is 0 Å². The molecule has 74 valence electrons. The molecule has 1 rings (SSSR count). The molecule has 1 aromatic carbocycles. The van der Waals surface area contributed by atoms with Gasteiger partial charge in [0.2, 0.25) is 0 Å². The van der Waals surface area contributed by atoms with Crippen molar-refractivity contribution in [3.8, 4) is 0 Å². The first kappa shape index (κ1) is 10.7. The Morgan fingerprint density at radius 3 is 2.86 bits per heavy atom. The van der Waals surface area contributed by atoms with E-state index in [0.717, 1.165) is 24.0 Å². The van der Waals surface area contributed by atoms with Crippen LogP contribution in [0, 0.1) is 6.92 Å². The van der Waals surface area contributed by atoms with E-state index in [2.05, 4.69) is 5.32 Å². The van der Waals surface area contributed by atoms with E-state index in [1.807, 2.05) is 44.3 Å². The van der Waals surface area contributed by atoms with Gasteiger partial charge < -0.3 is 5.32 Å². The van der Waals surface area contributed by atoms with Gasteiger partial charge in [0.15, 0.2) is 0 Å². The van der Waals surface area contributed by atoms with Gasteiger partial charge >= 0.3 is 0 Å². The fourth-order valence-electron chi connectivity index (χ4n) is 1.22. The summed E-state index contributed by atoms with van der Waals surface area (Å²) in [5.74, 6) is 0. The summed E-state index contributed by atoms with van der Waals surface area (Å²) < 4.78 is 0. The van der Waals surface area contributed by atoms with Gasteiger partial charge in [-0.15, -0.1) is 0 Å². The topological polar surface area (TPSA) is 29.1 Å². The molecule has 0 saturated carbocycles. The Balaban J connectivity index is 2.89. The third-order valence-corrected chi connectivity index (χ3v) is 2.06. The van der Waals surface area contributed by atoms with E-state index in [9.17, 15) is 4.79 Å². The second-order valence-corrected chi connectivity index (χ2v) is 3.19. The smallest absolute Gasteiger partial charge is 0.150 e. The van der Waals surface area contributed by atoms with Gasteiger partial charge in [0, 0.05) is 12.1 Å². The minimum Gasteiger partial charge on any atom is -0.316 e. The lowest BCUT2D eigenvalue weighted by atomic mass is 10.1. The lowest BCUT2D eigenvalue weighted by molar-refractivity contribution is 0.112. The average Bonchev–Trinajstić information content (AvgIpc) is 2.21. The number of nitrogens with one attached hydrogen (secondary N) is 1. The van der Waals surface area contributed by atoms with Gasteiger partial charge in [0.25, 0.3) is 0 Å². The number of likely N-dealkylation sites (N-methyl/N-ethyl adjacent to an activating group) is 1. The van der Waals surface area contributed by atoms with Crippen LogP contribution in [0.1, 0.15) is 21.5 Å². The number of benzene rings is 1. The molecule has 0 aliphatic carbocycles. The molecule has 0 unspecified atom stereocenters. The molecule has 0 heterocycles. The monoisotopic (exact) mass is 189 g/mol. The molecule has 0 aromatic heterocycles. The Kier molecular flexibility index (Phi) is 4.08. The van der Waals surface area contributed by atoms with Crippen LogP contribution in [0.15, 0.2) is 24.3 Å². The molecule has 0 saturated heterocycles. The maximum Gasteiger partial charge on any atom is 0.150 e. The van der Waals surface area contributed by atoms with Crippen molar-refractivity contribution in [2.75, 3.05) is 13.6 Å². The molecule has 14 heavy (non-hydrogen) atoms. The van der Waals surface area contributed by atoms with Crippen LogP contribution >= 0.6 is 0 Å². The molecule has 1 N–H and O–H groups in total. The summed E-state index contributed by atoms with van der Waals surface area (Å²) in [6.45, 7) is 2.87. The number of hydrogen-bond donors (Lipinski definition) is 1. The van der Waals surface area contributed by atoms with E-state index in [1.165, 1.54) is 5.56 Å². The predicted octanol–water partition coefficient (Wildman–Crippen LogP) is 2.04. The summed E-state index contributed by atoms with van der Waals surface area (Å²) in [5, 5.41) is 3.03. The van der Waals surface area contributed by atoms with Crippen molar-refractivity contribution < 1.29 is 4.79 Å². The van der Waals surface area contributed by atoms with Crippen molar-refractivity contribution in [3.63, 3.8) is 0 Å². The van der Waals surface area contributed by atoms with Crippen LogP contribution in [0.5, 0.6) is 0 Å². The molecule has 0 amide bonds. The molecule has 0 fully saturated rings. The average molecular weight is 189 g/mol. The number of aryl methyl sites for hydroxylation is 1. The Morgan fingerprint density at radius 1 is 1.43 bits per heavy atom. The first-order valence-corrected chi connectivity index (χ1v) is 4.65. The van der Waals surface area contributed by atoms with Gasteiger partial charge in [-0.25, -0.2) is 0 Å². The van der Waals surface area contributed by atoms with Crippen LogP contribution in [0.3, 0.4) is 0 Å². The van der Waals surface area contributed by atoms with Crippen LogP contribution in [0.2, 0.25) is 0 Å². The Labute approximate surface area is 84.6 Å². The van der Waals surface area contributed by atoms with E-state index in [0.29, 0.717) is 0 Å². The molecular weight excluding hydrogens is 174 g/mol. The van der Waals surface area contributed by atoms with E-state index in [-0.39, 0.29) is 0 Å². The Morgan fingerprint density at radius 2 is 2.21 bits per heavy atom. The summed E-state index contributed by atoms with van der Waals surface area (Å²) >= 11 is 0. The lowest BCUT2D eigenvalue weighted by Gasteiger charge is -2.00. The molecule has 2 nitrogen and oxygen atoms in total. The van der Waals surface area contributed by atoms with Crippen molar-refractivity contribution in [3.05, 3.63) is 41.0 Å². The SMILES string of the molecule is CNCC=Cc1cc(C=O)ccc1C. The summed E-state index contributed by atoms with van der Waals surface area (Å²) in [5.41, 5.74) is 3.01. The summed E-state index contributed by atoms with van der Waals surface area (Å²) in [4.78, 5) is 10.6. The number of rotatable bonds is 4. The number of hydrogen-bond acceptors (Lipinski definition) is 2. The summed E-state index contributed by atoms with van der Waals surface area (Å²) in [7, 11) is 1.90. The zero-order valence-electron chi connectivity index (χ0n) is 8.58. The van der Waals surface area contributed by atoms with Gasteiger partial charge in [-0.2, -0.15) is 0 Å². The maximum absolute atomic E-state index is 10.6. The molecule has 0 aliphatic rings. The first-order chi connectivity index (χ1) is 6.77. The standard InChI is InChI=1S/C12H15NO/c1-10-5-6-11(9-14)8-12(10)4-3-7-13-2/h3-6,8-9,13H,7H2,1-2H3. The molecular formula is C12H15NO. The van der Waals surface area contributed by atoms with Gasteiger partial charge in [0.1, 0.15) is 6.29 Å². The molecule has 0 spiro atoms. The fraction of sp³-hybridized carbons (Fsp3) is 0.250. The lowest BCUT2D eigenvalue weighted by Crippen LogP contribution is -2.03. The van der Waals surface area contributed by atoms with Crippen LogP contribution in [-0.2, 0) is 0 Å². The second kappa shape index (κ2) is 5.35. The van der Waals surface area contributed by atoms with Crippen molar-refractivity contribution in [1.29, 1.82) is 0 Å². The number of aldehydes is 1. The van der Waals surface area contributed by atoms with Crippen molar-refractivity contribution in [1.82, 2.24) is 5.32 Å². The van der Waals surface area contributed by atoms with E-state index in [1.54, 1.807) is 0 Å². The fourth-order valence-corrected chi connectivity index (χ4v) is 1.22. The van der Waals surface area contributed by atoms with Crippen molar-refractivity contribution in [2.45, 2.75) is 6.92 Å². The van der Waals surface area contributed by atoms with Gasteiger partial charge in [-0.1, -0.05) is 24.3 Å². The molecule has 0 bridgehead atoms. The molecule has 0 radical (unpaired) electrons. The number of carbonyl (C=O) groups is 1. The van der Waals surface area contributed by atoms with Gasteiger partial charge in [-0.05, 0) is 31.2 Å². The first-order valence-electron chi connectivity index (χ1n) is 4.65. The number of carbonyl (C=O) groups excluding carboxylic acids is 1. The third kappa shape index (κ3) is 2.82. The molecule has 2 heteroatoms. The van der Waals surface area contributed by atoms with E-state index >= 15 is 0 Å². The quantitative estimate of drug-likeness (QED) is 0.734. The highest BCUT2D eigenvalue weighted by Gasteiger charge is 1.95. The van der Waals surface area contributed by atoms with Crippen molar-refractivity contribution >= 4 is 12.4 Å². The van der Waals surface area contributed by atoms with Crippen LogP contribution in [0.4, 0.5) is 0 Å². The Hall–Kier alpha value is -1.41. The highest BCUT2D eigenvalue weighted by Crippen LogP contribution is 2.11.